The molecule has 0 fully saturated rings. The Morgan fingerprint density at radius 2 is 1.15 bits per heavy atom. The van der Waals surface area contributed by atoms with Gasteiger partial charge in [-0.2, -0.15) is 0 Å². The van der Waals surface area contributed by atoms with Gasteiger partial charge in [-0.3, -0.25) is 24.5 Å². The average molecular weight is 530 g/mol. The molecule has 0 aliphatic heterocycles. The highest BCUT2D eigenvalue weighted by Gasteiger charge is 2.18. The van der Waals surface area contributed by atoms with E-state index in [9.17, 15) is 15.3 Å². The van der Waals surface area contributed by atoms with Crippen molar-refractivity contribution < 1.29 is 15.3 Å². The Hall–Kier alpha value is -5.24. The first-order valence-electron chi connectivity index (χ1n) is 13.0. The Labute approximate surface area is 229 Å². The fraction of sp³-hybridized carbons (Fsp3) is 0.125. The Morgan fingerprint density at radius 1 is 0.600 bits per heavy atom. The Kier molecular flexibility index (Phi) is 6.80. The van der Waals surface area contributed by atoms with Gasteiger partial charge in [-0.1, -0.05) is 24.3 Å². The van der Waals surface area contributed by atoms with Crippen LogP contribution in [0.1, 0.15) is 17.0 Å². The highest BCUT2D eigenvalue weighted by Crippen LogP contribution is 2.37. The lowest BCUT2D eigenvalue weighted by molar-refractivity contribution is 0.365. The summed E-state index contributed by atoms with van der Waals surface area (Å²) in [7, 11) is 0. The number of pyridine rings is 3. The summed E-state index contributed by atoms with van der Waals surface area (Å²) in [6.07, 6.45) is 4.04. The van der Waals surface area contributed by atoms with Gasteiger partial charge in [0, 0.05) is 40.5 Å². The van der Waals surface area contributed by atoms with Gasteiger partial charge in [0.15, 0.2) is 0 Å². The van der Waals surface area contributed by atoms with Gasteiger partial charge in [-0.15, -0.1) is 0 Å². The molecule has 0 unspecified atom stereocenters. The molecular formula is C32H27N5O3. The van der Waals surface area contributed by atoms with Gasteiger partial charge < -0.3 is 15.3 Å². The van der Waals surface area contributed by atoms with E-state index in [1.165, 1.54) is 4.57 Å². The van der Waals surface area contributed by atoms with E-state index in [0.29, 0.717) is 52.9 Å². The number of phenolic OH excluding ortho intramolecular Hbond substituents is 1. The first-order valence-corrected chi connectivity index (χ1v) is 13.0. The van der Waals surface area contributed by atoms with Gasteiger partial charge >= 0.3 is 0 Å². The molecule has 8 heteroatoms. The number of phenols is 1. The molecule has 0 saturated heterocycles. The second kappa shape index (κ2) is 10.9. The molecule has 0 saturated carbocycles. The highest BCUT2D eigenvalue weighted by atomic mass is 16.3. The summed E-state index contributed by atoms with van der Waals surface area (Å²) < 4.78 is 1.51. The molecule has 3 heterocycles. The molecule has 0 aliphatic carbocycles. The van der Waals surface area contributed by atoms with E-state index < -0.39 is 0 Å². The number of nitrogens with zero attached hydrogens (tertiary/aromatic N) is 5. The third-order valence-electron chi connectivity index (χ3n) is 6.95. The van der Waals surface area contributed by atoms with Crippen LogP contribution in [0, 0.1) is 0 Å². The van der Waals surface area contributed by atoms with Gasteiger partial charge in [-0.25, -0.2) is 0 Å². The van der Waals surface area contributed by atoms with Crippen LogP contribution in [0.4, 0.5) is 0 Å². The van der Waals surface area contributed by atoms with Crippen LogP contribution in [0.2, 0.25) is 0 Å². The monoisotopic (exact) mass is 529 g/mol. The van der Waals surface area contributed by atoms with Crippen LogP contribution in [-0.4, -0.2) is 29.9 Å². The first kappa shape index (κ1) is 25.1. The maximum absolute atomic E-state index is 11.4. The van der Waals surface area contributed by atoms with Gasteiger partial charge in [0.25, 0.3) is 0 Å². The van der Waals surface area contributed by atoms with Crippen LogP contribution in [-0.2, 0) is 26.1 Å². The fourth-order valence-electron chi connectivity index (χ4n) is 4.92. The highest BCUT2D eigenvalue weighted by molar-refractivity contribution is 6.13. The lowest BCUT2D eigenvalue weighted by atomic mass is 10.0. The van der Waals surface area contributed by atoms with Crippen LogP contribution < -0.4 is 10.7 Å². The Balaban J connectivity index is 1.52. The van der Waals surface area contributed by atoms with E-state index >= 15 is 0 Å². The summed E-state index contributed by atoms with van der Waals surface area (Å²) >= 11 is 0. The lowest BCUT2D eigenvalue weighted by Crippen LogP contribution is -2.17. The second-order valence-corrected chi connectivity index (χ2v) is 9.50. The zero-order valence-electron chi connectivity index (χ0n) is 21.6. The van der Waals surface area contributed by atoms with Crippen molar-refractivity contribution in [2.45, 2.75) is 26.1 Å². The normalized spacial score (nSPS) is 12.5. The number of aromatic nitrogens is 3. The van der Waals surface area contributed by atoms with E-state index in [1.807, 2.05) is 72.8 Å². The number of hydrogen-bond acceptors (Lipinski definition) is 7. The molecule has 6 aromatic rings. The molecular weight excluding hydrogens is 502 g/mol. The number of aromatic hydroxyl groups is 3. The quantitative estimate of drug-likeness (QED) is 0.280. The summed E-state index contributed by atoms with van der Waals surface area (Å²) in [5.41, 5.74) is 2.64. The van der Waals surface area contributed by atoms with Crippen molar-refractivity contribution in [3.05, 3.63) is 125 Å². The number of hydrogen-bond donors (Lipinski definition) is 3. The second-order valence-electron chi connectivity index (χ2n) is 9.50. The molecule has 40 heavy (non-hydrogen) atoms. The van der Waals surface area contributed by atoms with Gasteiger partial charge in [0.1, 0.15) is 5.75 Å². The zero-order chi connectivity index (χ0) is 27.5. The van der Waals surface area contributed by atoms with E-state index in [4.69, 9.17) is 9.98 Å². The minimum Gasteiger partial charge on any atom is -0.508 e. The SMILES string of the molecule is Oc1ccc(CCn2c(O)c3ccc(=NCc4ccccn4)c4c(=NCc5ccccn5)ccc(c2O)c34)cc1. The topological polar surface area (TPSA) is 116 Å². The standard InChI is InChI=1S/C32H27N5O3/c38-24-9-7-21(8-10-24)15-18-37-31(39)25-11-13-27(35-19-22-5-1-3-16-33-22)30-28(14-12-26(29(25)30)32(37)40)36-20-23-6-2-4-17-34-23/h1-14,16-17,38-40H,15,18-20H2. The molecule has 3 N–H and O–H groups in total. The predicted octanol–water partition coefficient (Wildman–Crippen LogP) is 4.58. The fourth-order valence-corrected chi connectivity index (χ4v) is 4.92. The van der Waals surface area contributed by atoms with Crippen LogP contribution >= 0.6 is 0 Å². The van der Waals surface area contributed by atoms with Crippen molar-refractivity contribution >= 4 is 21.5 Å². The zero-order valence-corrected chi connectivity index (χ0v) is 21.6. The van der Waals surface area contributed by atoms with Crippen LogP contribution in [0.3, 0.4) is 0 Å². The number of rotatable bonds is 7. The number of aryl methyl sites for hydroxylation is 1. The summed E-state index contributed by atoms with van der Waals surface area (Å²) in [5.74, 6) is 0.124. The maximum atomic E-state index is 11.4. The summed E-state index contributed by atoms with van der Waals surface area (Å²) in [4.78, 5) is 18.5. The van der Waals surface area contributed by atoms with Crippen molar-refractivity contribution in [3.8, 4) is 17.5 Å². The Bertz CT molecular complexity index is 1810. The van der Waals surface area contributed by atoms with Gasteiger partial charge in [-0.05, 0) is 72.6 Å². The molecule has 198 valence electrons. The molecule has 6 rings (SSSR count). The van der Waals surface area contributed by atoms with Crippen LogP contribution in [0.25, 0.3) is 21.5 Å². The first-order chi connectivity index (χ1) is 19.6. The van der Waals surface area contributed by atoms with Gasteiger partial charge in [0.05, 0.1) is 35.2 Å². The summed E-state index contributed by atoms with van der Waals surface area (Å²) in [5, 5.41) is 36.3. The molecule has 0 aliphatic rings. The van der Waals surface area contributed by atoms with E-state index in [-0.39, 0.29) is 17.5 Å². The van der Waals surface area contributed by atoms with E-state index in [0.717, 1.165) is 22.3 Å². The molecule has 0 spiro atoms. The Morgan fingerprint density at radius 3 is 1.65 bits per heavy atom. The third kappa shape index (κ3) is 4.94. The molecule has 0 bridgehead atoms. The summed E-state index contributed by atoms with van der Waals surface area (Å²) in [6, 6.07) is 25.8. The molecule has 0 atom stereocenters. The summed E-state index contributed by atoms with van der Waals surface area (Å²) in [6.45, 7) is 1.10. The minimum atomic E-state index is -0.0352. The van der Waals surface area contributed by atoms with Crippen molar-refractivity contribution in [2.24, 2.45) is 9.98 Å². The van der Waals surface area contributed by atoms with E-state index in [1.54, 1.807) is 24.5 Å². The maximum Gasteiger partial charge on any atom is 0.201 e. The van der Waals surface area contributed by atoms with Crippen molar-refractivity contribution in [3.63, 3.8) is 0 Å². The average Bonchev–Trinajstić information content (AvgIpc) is 3.00. The van der Waals surface area contributed by atoms with Crippen molar-refractivity contribution in [2.75, 3.05) is 0 Å². The minimum absolute atomic E-state index is 0.0352. The molecule has 0 radical (unpaired) electrons. The van der Waals surface area contributed by atoms with Crippen LogP contribution in [0.15, 0.2) is 107 Å². The van der Waals surface area contributed by atoms with E-state index in [2.05, 4.69) is 9.97 Å². The van der Waals surface area contributed by atoms with Crippen molar-refractivity contribution in [1.29, 1.82) is 0 Å². The molecule has 0 amide bonds. The molecule has 8 nitrogen and oxygen atoms in total. The molecule has 3 aromatic heterocycles. The largest absolute Gasteiger partial charge is 0.508 e. The predicted molar refractivity (Wildman–Crippen MR) is 153 cm³/mol. The van der Waals surface area contributed by atoms with Gasteiger partial charge in [0.2, 0.25) is 11.8 Å². The lowest BCUT2D eigenvalue weighted by Gasteiger charge is -2.18. The van der Waals surface area contributed by atoms with Crippen molar-refractivity contribution in [1.82, 2.24) is 14.5 Å². The number of benzene rings is 3. The smallest absolute Gasteiger partial charge is 0.201 e. The van der Waals surface area contributed by atoms with Crippen LogP contribution in [0.5, 0.6) is 17.5 Å². The third-order valence-corrected chi connectivity index (χ3v) is 6.95. The molecule has 3 aromatic carbocycles.